The highest BCUT2D eigenvalue weighted by Gasteiger charge is 2.15. The molecular weight excluding hydrogens is 326 g/mol. The van der Waals surface area contributed by atoms with Crippen molar-refractivity contribution in [2.45, 2.75) is 19.9 Å². The van der Waals surface area contributed by atoms with E-state index in [0.29, 0.717) is 11.3 Å². The number of hydrogen-bond acceptors (Lipinski definition) is 3. The molecule has 25 heavy (non-hydrogen) atoms. The van der Waals surface area contributed by atoms with Gasteiger partial charge in [0.2, 0.25) is 0 Å². The van der Waals surface area contributed by atoms with Gasteiger partial charge in [0.05, 0.1) is 17.9 Å². The molecule has 1 amide bonds. The minimum Gasteiger partial charge on any atom is -0.344 e. The van der Waals surface area contributed by atoms with E-state index in [4.69, 9.17) is 0 Å². The first-order chi connectivity index (χ1) is 11.9. The minimum absolute atomic E-state index is 0.135. The van der Waals surface area contributed by atoms with Crippen molar-refractivity contribution in [2.75, 3.05) is 0 Å². The van der Waals surface area contributed by atoms with E-state index in [-0.39, 0.29) is 23.4 Å². The third kappa shape index (κ3) is 3.71. The summed E-state index contributed by atoms with van der Waals surface area (Å²) >= 11 is 0. The van der Waals surface area contributed by atoms with Gasteiger partial charge in [0.1, 0.15) is 11.6 Å². The Labute approximate surface area is 143 Å². The SMILES string of the molecule is Cc1cc(-n2cc(C(=O)NC(C)c3ccc(F)cc3)nn2)ccc1F. The summed E-state index contributed by atoms with van der Waals surface area (Å²) in [7, 11) is 0. The van der Waals surface area contributed by atoms with Crippen molar-refractivity contribution in [3.8, 4) is 5.69 Å². The lowest BCUT2D eigenvalue weighted by Crippen LogP contribution is -2.27. The van der Waals surface area contributed by atoms with Gasteiger partial charge in [-0.15, -0.1) is 5.10 Å². The Bertz CT molecular complexity index is 906. The molecule has 7 heteroatoms. The zero-order valence-electron chi connectivity index (χ0n) is 13.7. The molecule has 1 heterocycles. The van der Waals surface area contributed by atoms with Crippen LogP contribution in [0.3, 0.4) is 0 Å². The van der Waals surface area contributed by atoms with Crippen LogP contribution in [0.2, 0.25) is 0 Å². The van der Waals surface area contributed by atoms with Gasteiger partial charge in [-0.25, -0.2) is 13.5 Å². The monoisotopic (exact) mass is 342 g/mol. The molecule has 0 saturated heterocycles. The number of nitrogens with zero attached hydrogens (tertiary/aromatic N) is 3. The Balaban J connectivity index is 1.74. The molecule has 0 aliphatic rings. The van der Waals surface area contributed by atoms with Crippen LogP contribution in [0.1, 0.15) is 34.6 Å². The summed E-state index contributed by atoms with van der Waals surface area (Å²) in [5.41, 5.74) is 1.99. The summed E-state index contributed by atoms with van der Waals surface area (Å²) in [6.07, 6.45) is 1.47. The first kappa shape index (κ1) is 16.8. The summed E-state index contributed by atoms with van der Waals surface area (Å²) < 4.78 is 27.7. The molecule has 2 aromatic carbocycles. The Hall–Kier alpha value is -3.09. The van der Waals surface area contributed by atoms with Crippen molar-refractivity contribution in [3.05, 3.63) is 77.1 Å². The van der Waals surface area contributed by atoms with Crippen LogP contribution in [0.15, 0.2) is 48.7 Å². The Morgan fingerprint density at radius 1 is 1.16 bits per heavy atom. The maximum atomic E-state index is 13.3. The number of aryl methyl sites for hydroxylation is 1. The van der Waals surface area contributed by atoms with E-state index in [1.54, 1.807) is 38.1 Å². The molecule has 0 saturated carbocycles. The quantitative estimate of drug-likeness (QED) is 0.791. The average molecular weight is 342 g/mol. The number of carbonyl (C=O) groups excluding carboxylic acids is 1. The molecule has 128 valence electrons. The zero-order valence-corrected chi connectivity index (χ0v) is 13.7. The van der Waals surface area contributed by atoms with Crippen LogP contribution < -0.4 is 5.32 Å². The minimum atomic E-state index is -0.401. The summed E-state index contributed by atoms with van der Waals surface area (Å²) in [6, 6.07) is 10.1. The number of amides is 1. The largest absolute Gasteiger partial charge is 0.344 e. The molecule has 0 fully saturated rings. The fraction of sp³-hybridized carbons (Fsp3) is 0.167. The number of halogens is 2. The van der Waals surface area contributed by atoms with E-state index in [9.17, 15) is 13.6 Å². The molecule has 1 unspecified atom stereocenters. The Morgan fingerprint density at radius 3 is 2.56 bits per heavy atom. The van der Waals surface area contributed by atoms with E-state index in [0.717, 1.165) is 5.56 Å². The second-order valence-electron chi connectivity index (χ2n) is 5.73. The molecule has 1 aromatic heterocycles. The predicted molar refractivity (Wildman–Crippen MR) is 88.3 cm³/mol. The van der Waals surface area contributed by atoms with Gasteiger partial charge in [0.25, 0.3) is 5.91 Å². The number of benzene rings is 2. The predicted octanol–water partition coefficient (Wildman–Crippen LogP) is 3.34. The van der Waals surface area contributed by atoms with Crippen LogP contribution in [0.4, 0.5) is 8.78 Å². The number of nitrogens with one attached hydrogen (secondary N) is 1. The number of carbonyl (C=O) groups is 1. The van der Waals surface area contributed by atoms with Crippen molar-refractivity contribution >= 4 is 5.91 Å². The van der Waals surface area contributed by atoms with Gasteiger partial charge in [-0.1, -0.05) is 17.3 Å². The van der Waals surface area contributed by atoms with Gasteiger partial charge >= 0.3 is 0 Å². The molecule has 1 atom stereocenters. The maximum absolute atomic E-state index is 13.3. The van der Waals surface area contributed by atoms with Crippen molar-refractivity contribution < 1.29 is 13.6 Å². The molecule has 0 aliphatic heterocycles. The highest BCUT2D eigenvalue weighted by atomic mass is 19.1. The van der Waals surface area contributed by atoms with Crippen LogP contribution in [-0.4, -0.2) is 20.9 Å². The van der Waals surface area contributed by atoms with E-state index >= 15 is 0 Å². The third-order valence-corrected chi connectivity index (χ3v) is 3.85. The Kier molecular flexibility index (Phi) is 4.56. The molecule has 0 bridgehead atoms. The van der Waals surface area contributed by atoms with E-state index in [1.807, 2.05) is 0 Å². The van der Waals surface area contributed by atoms with E-state index in [2.05, 4.69) is 15.6 Å². The fourth-order valence-electron chi connectivity index (χ4n) is 2.37. The Morgan fingerprint density at radius 2 is 1.88 bits per heavy atom. The average Bonchev–Trinajstić information content (AvgIpc) is 3.08. The molecule has 1 N–H and O–H groups in total. The number of hydrogen-bond donors (Lipinski definition) is 1. The third-order valence-electron chi connectivity index (χ3n) is 3.85. The summed E-state index contributed by atoms with van der Waals surface area (Å²) in [4.78, 5) is 12.3. The van der Waals surface area contributed by atoms with Gasteiger partial charge < -0.3 is 5.32 Å². The molecule has 3 rings (SSSR count). The summed E-state index contributed by atoms with van der Waals surface area (Å²) in [5, 5.41) is 10.5. The summed E-state index contributed by atoms with van der Waals surface area (Å²) in [5.74, 6) is -1.04. The van der Waals surface area contributed by atoms with Crippen LogP contribution in [0, 0.1) is 18.6 Å². The van der Waals surface area contributed by atoms with Gasteiger partial charge in [0, 0.05) is 0 Å². The molecule has 0 spiro atoms. The van der Waals surface area contributed by atoms with Crippen LogP contribution >= 0.6 is 0 Å². The highest BCUT2D eigenvalue weighted by Crippen LogP contribution is 2.15. The molecular formula is C18H16F2N4O. The van der Waals surface area contributed by atoms with Crippen LogP contribution in [0.25, 0.3) is 5.69 Å². The van der Waals surface area contributed by atoms with Gasteiger partial charge in [-0.2, -0.15) is 0 Å². The molecule has 0 radical (unpaired) electrons. The van der Waals surface area contributed by atoms with Gasteiger partial charge in [-0.3, -0.25) is 4.79 Å². The normalized spacial score (nSPS) is 12.0. The van der Waals surface area contributed by atoms with Crippen molar-refractivity contribution in [2.24, 2.45) is 0 Å². The molecule has 5 nitrogen and oxygen atoms in total. The molecule has 3 aromatic rings. The first-order valence-corrected chi connectivity index (χ1v) is 7.69. The van der Waals surface area contributed by atoms with Gasteiger partial charge in [0.15, 0.2) is 5.69 Å². The van der Waals surface area contributed by atoms with Crippen LogP contribution in [-0.2, 0) is 0 Å². The maximum Gasteiger partial charge on any atom is 0.273 e. The van der Waals surface area contributed by atoms with E-state index in [1.165, 1.54) is 29.1 Å². The van der Waals surface area contributed by atoms with Crippen LogP contribution in [0.5, 0.6) is 0 Å². The zero-order chi connectivity index (χ0) is 18.0. The van der Waals surface area contributed by atoms with Crippen molar-refractivity contribution in [1.82, 2.24) is 20.3 Å². The van der Waals surface area contributed by atoms with Gasteiger partial charge in [-0.05, 0) is 55.3 Å². The second-order valence-corrected chi connectivity index (χ2v) is 5.73. The lowest BCUT2D eigenvalue weighted by molar-refractivity contribution is 0.0934. The standard InChI is InChI=1S/C18H16F2N4O/c1-11-9-15(7-8-16(11)20)24-10-17(22-23-24)18(25)21-12(2)13-3-5-14(19)6-4-13/h3-10,12H,1-2H3,(H,21,25). The van der Waals surface area contributed by atoms with E-state index < -0.39 is 5.91 Å². The summed E-state index contributed by atoms with van der Waals surface area (Å²) in [6.45, 7) is 3.44. The number of aromatic nitrogens is 3. The lowest BCUT2D eigenvalue weighted by Gasteiger charge is -2.13. The second kappa shape index (κ2) is 6.80. The highest BCUT2D eigenvalue weighted by molar-refractivity contribution is 5.92. The lowest BCUT2D eigenvalue weighted by atomic mass is 10.1. The topological polar surface area (TPSA) is 59.8 Å². The smallest absolute Gasteiger partial charge is 0.273 e. The molecule has 0 aliphatic carbocycles. The first-order valence-electron chi connectivity index (χ1n) is 7.69. The van der Waals surface area contributed by atoms with Crippen molar-refractivity contribution in [1.29, 1.82) is 0 Å². The van der Waals surface area contributed by atoms with Crippen molar-refractivity contribution in [3.63, 3.8) is 0 Å². The fourth-order valence-corrected chi connectivity index (χ4v) is 2.37. The number of rotatable bonds is 4.